The molecule has 0 radical (unpaired) electrons. The number of nitro benzene ring substituents is 1. The minimum atomic E-state index is -4.41. The number of esters is 1. The van der Waals surface area contributed by atoms with Crippen LogP contribution < -0.4 is 0 Å². The van der Waals surface area contributed by atoms with E-state index in [1.54, 1.807) is 26.8 Å². The SMILES string of the molecule is C=CCCCN(C[C@H](CC(=O)OC(C)(C)C)C(=O)O)S(=O)(=O)c1ccccc1[N+](=O)[O-]. The largest absolute Gasteiger partial charge is 0.481 e. The molecular formula is C20H28N2O8S. The summed E-state index contributed by atoms with van der Waals surface area (Å²) in [5, 5.41) is 20.9. The number of allylic oxidation sites excluding steroid dienone is 1. The molecular weight excluding hydrogens is 428 g/mol. The molecule has 1 aromatic rings. The highest BCUT2D eigenvalue weighted by molar-refractivity contribution is 7.89. The van der Waals surface area contributed by atoms with Crippen LogP contribution in [0.2, 0.25) is 0 Å². The molecule has 0 fully saturated rings. The fraction of sp³-hybridized carbons (Fsp3) is 0.500. The van der Waals surface area contributed by atoms with E-state index in [-0.39, 0.29) is 6.54 Å². The van der Waals surface area contributed by atoms with Crippen molar-refractivity contribution in [2.45, 2.75) is 50.5 Å². The van der Waals surface area contributed by atoms with Crippen LogP contribution in [-0.2, 0) is 24.3 Å². The van der Waals surface area contributed by atoms with Gasteiger partial charge in [-0.1, -0.05) is 18.2 Å². The lowest BCUT2D eigenvalue weighted by Crippen LogP contribution is -2.40. The molecule has 0 amide bonds. The van der Waals surface area contributed by atoms with Crippen molar-refractivity contribution in [3.05, 3.63) is 47.0 Å². The van der Waals surface area contributed by atoms with Gasteiger partial charge in [0.2, 0.25) is 10.0 Å². The van der Waals surface area contributed by atoms with Crippen LogP contribution in [0, 0.1) is 16.0 Å². The van der Waals surface area contributed by atoms with Gasteiger partial charge < -0.3 is 9.84 Å². The normalized spacial score (nSPS) is 12.9. The van der Waals surface area contributed by atoms with Crippen LogP contribution in [0.3, 0.4) is 0 Å². The maximum Gasteiger partial charge on any atom is 0.308 e. The highest BCUT2D eigenvalue weighted by Crippen LogP contribution is 2.27. The molecule has 0 unspecified atom stereocenters. The Bertz CT molecular complexity index is 921. The number of carbonyl (C=O) groups is 2. The number of carbonyl (C=O) groups excluding carboxylic acids is 1. The number of carboxylic acid groups (broad SMARTS) is 1. The Kier molecular flexibility index (Phi) is 9.32. The number of rotatable bonds is 12. The second-order valence-electron chi connectivity index (χ2n) is 7.84. The van der Waals surface area contributed by atoms with Crippen molar-refractivity contribution in [1.82, 2.24) is 4.31 Å². The third-order valence-electron chi connectivity index (χ3n) is 4.10. The lowest BCUT2D eigenvalue weighted by atomic mass is 10.1. The molecule has 1 atom stereocenters. The summed E-state index contributed by atoms with van der Waals surface area (Å²) in [4.78, 5) is 33.8. The number of nitrogens with zero attached hydrogens (tertiary/aromatic N) is 2. The number of nitro groups is 1. The molecule has 0 aliphatic rings. The van der Waals surface area contributed by atoms with Crippen LogP contribution in [0.15, 0.2) is 41.8 Å². The zero-order valence-electron chi connectivity index (χ0n) is 17.8. The van der Waals surface area contributed by atoms with Crippen molar-refractivity contribution in [2.75, 3.05) is 13.1 Å². The molecule has 0 saturated carbocycles. The molecule has 0 aliphatic heterocycles. The number of benzene rings is 1. The first-order chi connectivity index (χ1) is 14.3. The van der Waals surface area contributed by atoms with Crippen LogP contribution in [0.1, 0.15) is 40.0 Å². The minimum Gasteiger partial charge on any atom is -0.481 e. The van der Waals surface area contributed by atoms with Gasteiger partial charge in [0.25, 0.3) is 5.69 Å². The predicted octanol–water partition coefficient (Wildman–Crippen LogP) is 2.98. The van der Waals surface area contributed by atoms with Crippen molar-refractivity contribution in [1.29, 1.82) is 0 Å². The standard InChI is InChI=1S/C20H28N2O8S/c1-5-6-9-12-21(14-15(19(24)25)13-18(23)30-20(2,3)4)31(28,29)17-11-8-7-10-16(17)22(26)27/h5,7-8,10-11,15H,1,6,9,12-14H2,2-4H3,(H,24,25)/t15-/m0/s1. The van der Waals surface area contributed by atoms with Crippen molar-refractivity contribution in [2.24, 2.45) is 5.92 Å². The fourth-order valence-corrected chi connectivity index (χ4v) is 4.43. The van der Waals surface area contributed by atoms with E-state index in [0.29, 0.717) is 12.8 Å². The zero-order chi connectivity index (χ0) is 23.8. The molecule has 0 spiro atoms. The van der Waals surface area contributed by atoms with Gasteiger partial charge in [-0.25, -0.2) is 8.42 Å². The van der Waals surface area contributed by atoms with E-state index in [1.807, 2.05) is 0 Å². The Balaban J connectivity index is 3.28. The van der Waals surface area contributed by atoms with Crippen molar-refractivity contribution >= 4 is 27.6 Å². The van der Waals surface area contributed by atoms with E-state index in [9.17, 15) is 33.2 Å². The molecule has 0 bridgehead atoms. The van der Waals surface area contributed by atoms with Crippen LogP contribution in [-0.4, -0.2) is 53.4 Å². The van der Waals surface area contributed by atoms with Crippen LogP contribution in [0.4, 0.5) is 5.69 Å². The Morgan fingerprint density at radius 2 is 1.94 bits per heavy atom. The number of hydrogen-bond donors (Lipinski definition) is 1. The van der Waals surface area contributed by atoms with Gasteiger partial charge in [-0.05, 0) is 39.7 Å². The summed E-state index contributed by atoms with van der Waals surface area (Å²) in [6, 6.07) is 4.83. The van der Waals surface area contributed by atoms with Gasteiger partial charge in [-0.15, -0.1) is 6.58 Å². The summed E-state index contributed by atoms with van der Waals surface area (Å²) in [5.74, 6) is -3.55. The number of para-hydroxylation sites is 1. The molecule has 0 aromatic heterocycles. The summed E-state index contributed by atoms with van der Waals surface area (Å²) >= 11 is 0. The van der Waals surface area contributed by atoms with E-state index in [2.05, 4.69) is 6.58 Å². The van der Waals surface area contributed by atoms with Crippen molar-refractivity contribution in [3.8, 4) is 0 Å². The van der Waals surface area contributed by atoms with E-state index >= 15 is 0 Å². The Morgan fingerprint density at radius 1 is 1.32 bits per heavy atom. The molecule has 1 aromatic carbocycles. The van der Waals surface area contributed by atoms with Gasteiger partial charge in [0.1, 0.15) is 5.60 Å². The average Bonchev–Trinajstić information content (AvgIpc) is 2.64. The number of hydrogen-bond acceptors (Lipinski definition) is 7. The minimum absolute atomic E-state index is 0.0987. The summed E-state index contributed by atoms with van der Waals surface area (Å²) in [6.45, 7) is 7.80. The maximum absolute atomic E-state index is 13.2. The lowest BCUT2D eigenvalue weighted by molar-refractivity contribution is -0.387. The summed E-state index contributed by atoms with van der Waals surface area (Å²) in [6.07, 6.45) is 1.80. The molecule has 31 heavy (non-hydrogen) atoms. The van der Waals surface area contributed by atoms with Crippen LogP contribution in [0.25, 0.3) is 0 Å². The topological polar surface area (TPSA) is 144 Å². The predicted molar refractivity (Wildman–Crippen MR) is 113 cm³/mol. The number of sulfonamides is 1. The van der Waals surface area contributed by atoms with Crippen LogP contribution in [0.5, 0.6) is 0 Å². The number of unbranched alkanes of at least 4 members (excludes halogenated alkanes) is 1. The quantitative estimate of drug-likeness (QED) is 0.166. The smallest absolute Gasteiger partial charge is 0.308 e. The second kappa shape index (κ2) is 11.0. The van der Waals surface area contributed by atoms with E-state index < -0.39 is 62.0 Å². The van der Waals surface area contributed by atoms with E-state index in [4.69, 9.17) is 4.74 Å². The van der Waals surface area contributed by atoms with Gasteiger partial charge in [-0.2, -0.15) is 4.31 Å². The Morgan fingerprint density at radius 3 is 2.45 bits per heavy atom. The van der Waals surface area contributed by atoms with Gasteiger partial charge in [0.15, 0.2) is 4.90 Å². The summed E-state index contributed by atoms with van der Waals surface area (Å²) in [7, 11) is -4.41. The van der Waals surface area contributed by atoms with E-state index in [0.717, 1.165) is 16.4 Å². The van der Waals surface area contributed by atoms with Gasteiger partial charge >= 0.3 is 11.9 Å². The third kappa shape index (κ3) is 8.10. The Hall–Kier alpha value is -2.79. The molecule has 0 aliphatic carbocycles. The van der Waals surface area contributed by atoms with Crippen molar-refractivity contribution in [3.63, 3.8) is 0 Å². The highest BCUT2D eigenvalue weighted by atomic mass is 32.2. The van der Waals surface area contributed by atoms with Gasteiger partial charge in [0, 0.05) is 19.2 Å². The van der Waals surface area contributed by atoms with Gasteiger partial charge in [-0.3, -0.25) is 19.7 Å². The van der Waals surface area contributed by atoms with E-state index in [1.165, 1.54) is 12.1 Å². The number of carboxylic acids is 1. The first kappa shape index (κ1) is 26.2. The fourth-order valence-electron chi connectivity index (χ4n) is 2.75. The average molecular weight is 457 g/mol. The summed E-state index contributed by atoms with van der Waals surface area (Å²) in [5.41, 5.74) is -1.45. The third-order valence-corrected chi connectivity index (χ3v) is 6.01. The Labute approximate surface area is 181 Å². The maximum atomic E-state index is 13.2. The second-order valence-corrected chi connectivity index (χ2v) is 9.75. The van der Waals surface area contributed by atoms with Gasteiger partial charge in [0.05, 0.1) is 17.3 Å². The summed E-state index contributed by atoms with van der Waals surface area (Å²) < 4.78 is 32.4. The van der Waals surface area contributed by atoms with Crippen LogP contribution >= 0.6 is 0 Å². The molecule has 0 heterocycles. The lowest BCUT2D eigenvalue weighted by Gasteiger charge is -2.26. The number of aliphatic carboxylic acids is 1. The first-order valence-corrected chi connectivity index (χ1v) is 11.0. The molecule has 11 heteroatoms. The molecule has 0 saturated heterocycles. The monoisotopic (exact) mass is 456 g/mol. The zero-order valence-corrected chi connectivity index (χ0v) is 18.6. The molecule has 1 rings (SSSR count). The first-order valence-electron chi connectivity index (χ1n) is 9.58. The number of ether oxygens (including phenoxy) is 1. The highest BCUT2D eigenvalue weighted by Gasteiger charge is 2.35. The molecule has 10 nitrogen and oxygen atoms in total. The van der Waals surface area contributed by atoms with Crippen molar-refractivity contribution < 1.29 is 32.8 Å². The molecule has 172 valence electrons. The molecule has 1 N–H and O–H groups in total.